The minimum atomic E-state index is -1.05. The molecule has 3 atom stereocenters. The molecule has 6 nitrogen and oxygen atoms in total. The van der Waals surface area contributed by atoms with E-state index in [1.807, 2.05) is 25.7 Å². The second-order valence-corrected chi connectivity index (χ2v) is 9.61. The average Bonchev–Trinajstić information content (AvgIpc) is 3.09. The normalized spacial score (nSPS) is 21.4. The molecule has 0 bridgehead atoms. The maximum Gasteiger partial charge on any atom is 0.231 e. The molecule has 0 radical (unpaired) electrons. The Balaban J connectivity index is 1.49. The number of benzene rings is 1. The Kier molecular flexibility index (Phi) is 7.14. The quantitative estimate of drug-likeness (QED) is 0.675. The third-order valence-corrected chi connectivity index (χ3v) is 6.82. The average molecular weight is 478 g/mol. The number of fused-ring (bicyclic) bond motifs is 1. The summed E-state index contributed by atoms with van der Waals surface area (Å²) in [6, 6.07) is 4.75. The summed E-state index contributed by atoms with van der Waals surface area (Å²) in [6.45, 7) is 8.64. The second kappa shape index (κ2) is 9.89. The van der Waals surface area contributed by atoms with Crippen molar-refractivity contribution in [2.24, 2.45) is 0 Å². The Morgan fingerprint density at radius 3 is 2.64 bits per heavy atom. The van der Waals surface area contributed by atoms with Crippen LogP contribution in [0.4, 0.5) is 14.6 Å². The molecule has 0 spiro atoms. The third kappa shape index (κ3) is 4.96. The molecule has 1 unspecified atom stereocenters. The molecule has 9 heteroatoms. The van der Waals surface area contributed by atoms with Gasteiger partial charge in [-0.1, -0.05) is 38.4 Å². The van der Waals surface area contributed by atoms with Gasteiger partial charge in [-0.3, -0.25) is 4.79 Å². The van der Waals surface area contributed by atoms with E-state index in [1.165, 1.54) is 18.5 Å². The van der Waals surface area contributed by atoms with Gasteiger partial charge in [0.25, 0.3) is 0 Å². The van der Waals surface area contributed by atoms with E-state index >= 15 is 0 Å². The number of carbonyl (C=O) groups is 1. The van der Waals surface area contributed by atoms with E-state index in [2.05, 4.69) is 20.2 Å². The Labute approximate surface area is 198 Å². The van der Waals surface area contributed by atoms with Gasteiger partial charge in [0.05, 0.1) is 16.6 Å². The van der Waals surface area contributed by atoms with Gasteiger partial charge in [0.15, 0.2) is 0 Å². The van der Waals surface area contributed by atoms with Crippen molar-refractivity contribution in [2.75, 3.05) is 37.6 Å². The monoisotopic (exact) mass is 477 g/mol. The van der Waals surface area contributed by atoms with Crippen LogP contribution < -0.4 is 10.2 Å². The lowest BCUT2D eigenvalue weighted by Crippen LogP contribution is -2.51. The minimum absolute atomic E-state index is 0.0394. The fraction of sp³-hybridized carbons (Fsp3) is 0.542. The van der Waals surface area contributed by atoms with Crippen molar-refractivity contribution in [1.82, 2.24) is 20.2 Å². The van der Waals surface area contributed by atoms with Crippen molar-refractivity contribution in [1.29, 1.82) is 0 Å². The van der Waals surface area contributed by atoms with Crippen LogP contribution in [0, 0.1) is 5.82 Å². The van der Waals surface area contributed by atoms with E-state index in [4.69, 9.17) is 11.6 Å². The van der Waals surface area contributed by atoms with E-state index in [0.29, 0.717) is 50.4 Å². The summed E-state index contributed by atoms with van der Waals surface area (Å²) in [6.07, 6.45) is 0.814. The highest BCUT2D eigenvalue weighted by molar-refractivity contribution is 6.30. The van der Waals surface area contributed by atoms with Gasteiger partial charge in [0, 0.05) is 44.3 Å². The Morgan fingerprint density at radius 2 is 1.97 bits per heavy atom. The number of amides is 1. The molecule has 1 aromatic carbocycles. The Morgan fingerprint density at radius 1 is 1.24 bits per heavy atom. The fourth-order valence-corrected chi connectivity index (χ4v) is 4.82. The first kappa shape index (κ1) is 23.8. The van der Waals surface area contributed by atoms with Crippen LogP contribution in [0.25, 0.3) is 0 Å². The van der Waals surface area contributed by atoms with Crippen LogP contribution in [0.5, 0.6) is 0 Å². The molecule has 1 N–H and O–H groups in total. The number of halogens is 3. The highest BCUT2D eigenvalue weighted by Gasteiger charge is 2.35. The summed E-state index contributed by atoms with van der Waals surface area (Å²) >= 11 is 5.85. The van der Waals surface area contributed by atoms with Crippen molar-refractivity contribution >= 4 is 23.3 Å². The molecular weight excluding hydrogens is 448 g/mol. The topological polar surface area (TPSA) is 61.4 Å². The summed E-state index contributed by atoms with van der Waals surface area (Å²) in [7, 11) is 0. The van der Waals surface area contributed by atoms with Crippen molar-refractivity contribution in [3.63, 3.8) is 0 Å². The van der Waals surface area contributed by atoms with E-state index in [-0.39, 0.29) is 22.9 Å². The number of aromatic nitrogens is 2. The van der Waals surface area contributed by atoms with E-state index < -0.39 is 17.9 Å². The van der Waals surface area contributed by atoms with Gasteiger partial charge in [-0.15, -0.1) is 0 Å². The molecule has 1 amide bonds. The molecule has 1 fully saturated rings. The van der Waals surface area contributed by atoms with Crippen LogP contribution in [-0.4, -0.2) is 59.5 Å². The van der Waals surface area contributed by atoms with Crippen LogP contribution >= 0.6 is 11.6 Å². The fourth-order valence-electron chi connectivity index (χ4n) is 4.70. The van der Waals surface area contributed by atoms with Gasteiger partial charge in [-0.25, -0.2) is 18.7 Å². The number of nitrogens with zero attached hydrogens (tertiary/aromatic N) is 4. The summed E-state index contributed by atoms with van der Waals surface area (Å²) in [5, 5.41) is 3.34. The molecule has 1 aliphatic carbocycles. The summed E-state index contributed by atoms with van der Waals surface area (Å²) < 4.78 is 28.4. The minimum Gasteiger partial charge on any atom is -0.353 e. The predicted molar refractivity (Wildman–Crippen MR) is 125 cm³/mol. The summed E-state index contributed by atoms with van der Waals surface area (Å²) in [4.78, 5) is 26.0. The van der Waals surface area contributed by atoms with Crippen LogP contribution in [0.2, 0.25) is 5.02 Å². The molecule has 1 aliphatic heterocycles. The smallest absolute Gasteiger partial charge is 0.231 e. The molecule has 33 heavy (non-hydrogen) atoms. The zero-order chi connectivity index (χ0) is 23.7. The van der Waals surface area contributed by atoms with E-state index in [1.54, 1.807) is 6.07 Å². The number of carbonyl (C=O) groups excluding carboxylic acids is 1. The lowest BCUT2D eigenvalue weighted by molar-refractivity contribution is -0.133. The molecule has 1 aromatic heterocycles. The number of piperazine rings is 1. The first-order chi connectivity index (χ1) is 15.8. The molecule has 2 heterocycles. The van der Waals surface area contributed by atoms with Gasteiger partial charge in [0.1, 0.15) is 24.1 Å². The molecule has 178 valence electrons. The SMILES string of the molecule is CC(C)NCC(C(=O)N1CCN(c2ncnc3c2[C@H](C)C[C@@H]3F)CC1)c1ccc(Cl)c(F)c1. The lowest BCUT2D eigenvalue weighted by Gasteiger charge is -2.38. The highest BCUT2D eigenvalue weighted by atomic mass is 35.5. The van der Waals surface area contributed by atoms with E-state index in [0.717, 1.165) is 11.4 Å². The van der Waals surface area contributed by atoms with Gasteiger partial charge >= 0.3 is 0 Å². The van der Waals surface area contributed by atoms with Crippen LogP contribution in [-0.2, 0) is 4.79 Å². The number of hydrogen-bond acceptors (Lipinski definition) is 5. The Bertz CT molecular complexity index is 1010. The van der Waals surface area contributed by atoms with Gasteiger partial charge < -0.3 is 15.1 Å². The number of rotatable bonds is 6. The number of hydrogen-bond donors (Lipinski definition) is 1. The van der Waals surface area contributed by atoms with Crippen molar-refractivity contribution in [3.8, 4) is 0 Å². The molecule has 2 aliphatic rings. The second-order valence-electron chi connectivity index (χ2n) is 9.20. The van der Waals surface area contributed by atoms with Gasteiger partial charge in [-0.2, -0.15) is 0 Å². The third-order valence-electron chi connectivity index (χ3n) is 6.51. The summed E-state index contributed by atoms with van der Waals surface area (Å²) in [5.74, 6) is -0.245. The molecule has 2 aromatic rings. The number of nitrogens with one attached hydrogen (secondary N) is 1. The van der Waals surface area contributed by atoms with E-state index in [9.17, 15) is 13.6 Å². The lowest BCUT2D eigenvalue weighted by atomic mass is 9.96. The standard InChI is InChI=1S/C24H30ClF2N5O/c1-14(2)28-12-17(16-4-5-18(25)19(26)11-16)24(33)32-8-6-31(7-9-32)23-21-15(3)10-20(27)22(21)29-13-30-23/h4-5,11,13-15,17,20,28H,6-10,12H2,1-3H3/t15-,17?,20+/m1/s1. The number of anilines is 1. The largest absolute Gasteiger partial charge is 0.353 e. The van der Waals surface area contributed by atoms with Gasteiger partial charge in [-0.05, 0) is 30.0 Å². The van der Waals surface area contributed by atoms with Crippen LogP contribution in [0.1, 0.15) is 62.0 Å². The van der Waals surface area contributed by atoms with Gasteiger partial charge in [0.2, 0.25) is 5.91 Å². The Hall–Kier alpha value is -2.32. The summed E-state index contributed by atoms with van der Waals surface area (Å²) in [5.41, 5.74) is 1.99. The molecule has 4 rings (SSSR count). The first-order valence-corrected chi connectivity index (χ1v) is 11.8. The maximum absolute atomic E-state index is 14.3. The highest BCUT2D eigenvalue weighted by Crippen LogP contribution is 2.44. The van der Waals surface area contributed by atoms with Crippen molar-refractivity contribution < 1.29 is 13.6 Å². The predicted octanol–water partition coefficient (Wildman–Crippen LogP) is 4.22. The zero-order valence-corrected chi connectivity index (χ0v) is 19.9. The molecule has 0 saturated carbocycles. The van der Waals surface area contributed by atoms with Crippen molar-refractivity contribution in [3.05, 3.63) is 52.2 Å². The molecular formula is C24H30ClF2N5O. The van der Waals surface area contributed by atoms with Crippen LogP contribution in [0.15, 0.2) is 24.5 Å². The van der Waals surface area contributed by atoms with Crippen LogP contribution in [0.3, 0.4) is 0 Å². The van der Waals surface area contributed by atoms with Crippen molar-refractivity contribution in [2.45, 2.75) is 51.2 Å². The number of alkyl halides is 1. The first-order valence-electron chi connectivity index (χ1n) is 11.5. The maximum atomic E-state index is 14.3. The zero-order valence-electron chi connectivity index (χ0n) is 19.2. The molecule has 1 saturated heterocycles.